The zero-order valence-electron chi connectivity index (χ0n) is 18.8. The van der Waals surface area contributed by atoms with Gasteiger partial charge in [0.2, 0.25) is 5.78 Å². The molecule has 0 bridgehead atoms. The number of hydrogen-bond acceptors (Lipinski definition) is 7. The third-order valence-electron chi connectivity index (χ3n) is 5.18. The Kier molecular flexibility index (Phi) is 7.18. The van der Waals surface area contributed by atoms with Crippen molar-refractivity contribution in [3.05, 3.63) is 82.4 Å². The van der Waals surface area contributed by atoms with E-state index in [0.29, 0.717) is 0 Å². The Morgan fingerprint density at radius 1 is 0.425 bits per heavy atom. The highest BCUT2D eigenvalue weighted by Gasteiger charge is 2.53. The molecule has 2 aromatic carbocycles. The van der Waals surface area contributed by atoms with Crippen LogP contribution in [0.2, 0.25) is 0 Å². The minimum atomic E-state index is -6.43. The van der Waals surface area contributed by atoms with Crippen LogP contribution in [0, 0.1) is 0 Å². The Bertz CT molecular complexity index is 1870. The molecular weight excluding hydrogens is 680 g/mol. The number of benzene rings is 2. The van der Waals surface area contributed by atoms with Crippen molar-refractivity contribution in [1.82, 2.24) is 0 Å². The highest BCUT2D eigenvalue weighted by Crippen LogP contribution is 2.89. The normalized spacial score (nSPS) is 29.8. The van der Waals surface area contributed by atoms with E-state index < -0.39 is 79.5 Å². The van der Waals surface area contributed by atoms with Gasteiger partial charge in [-0.3, -0.25) is 4.79 Å². The molecule has 23 heteroatoms. The summed E-state index contributed by atoms with van der Waals surface area (Å²) in [6.07, 6.45) is 0. The van der Waals surface area contributed by atoms with E-state index in [0.717, 1.165) is 24.3 Å². The Labute approximate surface area is 219 Å². The molecule has 2 atom stereocenters. The number of rotatable bonds is 4. The lowest BCUT2D eigenvalue weighted by Gasteiger charge is -2.22. The molecule has 2 aromatic rings. The quantitative estimate of drug-likeness (QED) is 0.232. The maximum atomic E-state index is 16.6. The summed E-state index contributed by atoms with van der Waals surface area (Å²) in [6, 6.07) is 11.9. The second-order valence-corrected chi connectivity index (χ2v) is 18.9. The standard InChI is InChI=1S/C17H10F10N6OP6/c18-35(28-37(20,21)32-38(22,23)29-35)16-13(11-7-3-1-4-8-11)15(34)17(14(16)12-9-5-2-6-10-12)36(19)30-39(24,25)33-40(26,27)31-36/h1-10H. The summed E-state index contributed by atoms with van der Waals surface area (Å²) in [6.45, 7) is 0. The molecule has 0 N–H and O–H groups in total. The fraction of sp³-hybridized carbons (Fsp3) is 0. The summed E-state index contributed by atoms with van der Waals surface area (Å²) >= 11 is 0. The molecule has 214 valence electrons. The Balaban J connectivity index is 2.02. The van der Waals surface area contributed by atoms with Crippen LogP contribution >= 0.6 is 46.3 Å². The maximum Gasteiger partial charge on any atom is 0.423 e. The smallest absolute Gasteiger partial charge is 0.288 e. The van der Waals surface area contributed by atoms with Gasteiger partial charge in [-0.15, -0.1) is 42.6 Å². The molecule has 0 radical (unpaired) electrons. The van der Waals surface area contributed by atoms with Gasteiger partial charge in [0.05, 0.1) is 5.31 Å². The number of ketones is 1. The van der Waals surface area contributed by atoms with Gasteiger partial charge in [0.25, 0.3) is 15.0 Å². The molecule has 0 saturated heterocycles. The van der Waals surface area contributed by atoms with Crippen LogP contribution < -0.4 is 0 Å². The Morgan fingerprint density at radius 3 is 1.18 bits per heavy atom. The number of hydrogen-bond donors (Lipinski definition) is 0. The van der Waals surface area contributed by atoms with E-state index in [4.69, 9.17) is 0 Å². The third-order valence-corrected chi connectivity index (χ3v) is 17.9. The number of Topliss-reactive ketones (excluding diaryl/α,β-unsaturated/α-hetero) is 1. The van der Waals surface area contributed by atoms with Gasteiger partial charge >= 0.3 is 31.3 Å². The first-order chi connectivity index (χ1) is 18.4. The van der Waals surface area contributed by atoms with E-state index >= 15 is 8.39 Å². The lowest BCUT2D eigenvalue weighted by Crippen LogP contribution is -2.02. The molecule has 2 aliphatic heterocycles. The van der Waals surface area contributed by atoms with Gasteiger partial charge in [0.15, 0.2) is 0 Å². The van der Waals surface area contributed by atoms with Crippen LogP contribution in [-0.4, -0.2) is 5.78 Å². The van der Waals surface area contributed by atoms with Crippen LogP contribution in [0.15, 0.2) is 98.4 Å². The van der Waals surface area contributed by atoms with Crippen LogP contribution in [0.4, 0.5) is 42.0 Å². The fourth-order valence-corrected chi connectivity index (χ4v) is 16.9. The van der Waals surface area contributed by atoms with Crippen molar-refractivity contribution in [2.24, 2.45) is 27.1 Å². The number of allylic oxidation sites excluding steroid dienone is 4. The van der Waals surface area contributed by atoms with Crippen molar-refractivity contribution < 1.29 is 46.8 Å². The lowest BCUT2D eigenvalue weighted by molar-refractivity contribution is -0.109. The highest BCUT2D eigenvalue weighted by molar-refractivity contribution is 7.83. The third kappa shape index (κ3) is 5.54. The van der Waals surface area contributed by atoms with Crippen molar-refractivity contribution in [1.29, 1.82) is 0 Å². The average molecular weight is 690 g/mol. The van der Waals surface area contributed by atoms with Crippen molar-refractivity contribution in [2.75, 3.05) is 0 Å². The number of nitrogens with zero attached hydrogens (tertiary/aromatic N) is 6. The van der Waals surface area contributed by atoms with Crippen LogP contribution in [-0.2, 0) is 4.79 Å². The average Bonchev–Trinajstić information content (AvgIpc) is 3.10. The molecule has 2 unspecified atom stereocenters. The van der Waals surface area contributed by atoms with Crippen molar-refractivity contribution >= 4 is 63.3 Å². The predicted octanol–water partition coefficient (Wildman–Crippen LogP) is 14.0. The lowest BCUT2D eigenvalue weighted by atomic mass is 10.0. The molecule has 0 spiro atoms. The molecule has 0 fully saturated rings. The molecule has 1 aliphatic carbocycles. The van der Waals surface area contributed by atoms with Gasteiger partial charge in [-0.05, 0) is 11.1 Å². The number of halogens is 10. The molecule has 2 heterocycles. The number of carbonyl (C=O) groups excluding carboxylic acids is 1. The Hall–Kier alpha value is -1.73. The molecule has 40 heavy (non-hydrogen) atoms. The molecule has 0 amide bonds. The predicted molar refractivity (Wildman–Crippen MR) is 139 cm³/mol. The van der Waals surface area contributed by atoms with Gasteiger partial charge in [-0.25, -0.2) is 0 Å². The Morgan fingerprint density at radius 2 is 0.775 bits per heavy atom. The van der Waals surface area contributed by atoms with E-state index in [1.807, 2.05) is 9.03 Å². The van der Waals surface area contributed by atoms with E-state index in [1.54, 1.807) is 0 Å². The molecule has 5 rings (SSSR count). The van der Waals surface area contributed by atoms with Crippen molar-refractivity contribution in [2.45, 2.75) is 0 Å². The minimum Gasteiger partial charge on any atom is -0.288 e. The van der Waals surface area contributed by atoms with E-state index in [2.05, 4.69) is 18.1 Å². The van der Waals surface area contributed by atoms with Crippen LogP contribution in [0.5, 0.6) is 0 Å². The zero-order chi connectivity index (χ0) is 29.4. The van der Waals surface area contributed by atoms with Crippen LogP contribution in [0.3, 0.4) is 0 Å². The first kappa shape index (κ1) is 29.8. The second-order valence-electron chi connectivity index (χ2n) is 7.92. The molecular formula is C17H10F10N6OP6. The van der Waals surface area contributed by atoms with Gasteiger partial charge in [0, 0.05) is 11.1 Å². The summed E-state index contributed by atoms with van der Waals surface area (Å²) < 4.78 is 161. The summed E-state index contributed by atoms with van der Waals surface area (Å²) in [5.74, 6) is -1.74. The van der Waals surface area contributed by atoms with Crippen LogP contribution in [0.25, 0.3) is 11.1 Å². The second kappa shape index (κ2) is 9.65. The topological polar surface area (TPSA) is 91.2 Å². The summed E-state index contributed by atoms with van der Waals surface area (Å²) in [5, 5.41) is -2.97. The highest BCUT2D eigenvalue weighted by atomic mass is 31.3. The van der Waals surface area contributed by atoms with E-state index in [1.165, 1.54) is 36.4 Å². The number of carbonyl (C=O) groups is 1. The van der Waals surface area contributed by atoms with E-state index in [-0.39, 0.29) is 5.56 Å². The van der Waals surface area contributed by atoms with Crippen LogP contribution in [0.1, 0.15) is 11.1 Å². The first-order valence-electron chi connectivity index (χ1n) is 10.3. The van der Waals surface area contributed by atoms with Crippen molar-refractivity contribution in [3.63, 3.8) is 0 Å². The molecule has 3 aliphatic rings. The SMILES string of the molecule is O=C1C(c2ccccc2)=C(P2(F)=NP(F)(F)=NP(F)(F)=N2)C(c2ccccc2)=C1P1(F)=NP(F)(F)=NP(F)(F)=N1. The molecule has 0 saturated carbocycles. The minimum absolute atomic E-state index is 0.365. The monoisotopic (exact) mass is 690 g/mol. The first-order valence-corrected chi connectivity index (χ1v) is 19.4. The van der Waals surface area contributed by atoms with Gasteiger partial charge in [0.1, 0.15) is 5.31 Å². The summed E-state index contributed by atoms with van der Waals surface area (Å²) in [7, 11) is -37.9. The largest absolute Gasteiger partial charge is 0.423 e. The molecule has 0 aromatic heterocycles. The van der Waals surface area contributed by atoms with Gasteiger partial charge < -0.3 is 0 Å². The summed E-state index contributed by atoms with van der Waals surface area (Å²) in [5.41, 5.74) is -2.99. The maximum absolute atomic E-state index is 16.6. The fourth-order valence-electron chi connectivity index (χ4n) is 4.00. The van der Waals surface area contributed by atoms with Gasteiger partial charge in [-0.2, -0.15) is 26.5 Å². The van der Waals surface area contributed by atoms with Gasteiger partial charge in [-0.1, -0.05) is 60.7 Å². The van der Waals surface area contributed by atoms with E-state index in [9.17, 15) is 38.4 Å². The molecule has 7 nitrogen and oxygen atoms in total. The van der Waals surface area contributed by atoms with Crippen molar-refractivity contribution in [3.8, 4) is 0 Å². The zero-order valence-corrected chi connectivity index (χ0v) is 24.2. The summed E-state index contributed by atoms with van der Waals surface area (Å²) in [4.78, 5) is 13.8.